The van der Waals surface area contributed by atoms with Gasteiger partial charge in [0.1, 0.15) is 11.6 Å². The van der Waals surface area contributed by atoms with Gasteiger partial charge in [0, 0.05) is 16.8 Å². The Morgan fingerprint density at radius 1 is 0.917 bits per heavy atom. The second-order valence-electron chi connectivity index (χ2n) is 4.54. The number of methoxy groups -OCH3 is 1. The molecule has 0 saturated heterocycles. The molecule has 128 valence electrons. The molecule has 0 saturated carbocycles. The zero-order valence-corrected chi connectivity index (χ0v) is 13.2. The zero-order chi connectivity index (χ0) is 17.9. The Labute approximate surface area is 135 Å². The van der Waals surface area contributed by atoms with Gasteiger partial charge in [-0.3, -0.25) is 0 Å². The number of hydrogen-bond donors (Lipinski definition) is 0. The summed E-state index contributed by atoms with van der Waals surface area (Å²) in [6, 6.07) is 7.85. The number of ether oxygens (including phenoxy) is 2. The molecule has 24 heavy (non-hydrogen) atoms. The summed E-state index contributed by atoms with van der Waals surface area (Å²) in [5.74, 6) is -0.735. The van der Waals surface area contributed by atoms with E-state index in [1.165, 1.54) is 43.5 Å². The van der Waals surface area contributed by atoms with Crippen molar-refractivity contribution < 1.29 is 27.0 Å². The molecule has 0 N–H and O–H groups in total. The molecule has 3 aromatic rings. The van der Waals surface area contributed by atoms with Crippen LogP contribution in [0.3, 0.4) is 0 Å². The summed E-state index contributed by atoms with van der Waals surface area (Å²) in [5, 5.41) is 1.55. The maximum absolute atomic E-state index is 13.3. The molecule has 0 aliphatic carbocycles. The maximum atomic E-state index is 13.3. The Morgan fingerprint density at radius 2 is 1.58 bits per heavy atom. The van der Waals surface area contributed by atoms with Crippen LogP contribution in [0.25, 0.3) is 21.7 Å². The van der Waals surface area contributed by atoms with E-state index < -0.39 is 12.2 Å². The average Bonchev–Trinajstić information content (AvgIpc) is 2.54. The second-order valence-corrected chi connectivity index (χ2v) is 4.54. The van der Waals surface area contributed by atoms with Crippen LogP contribution in [0.2, 0.25) is 0 Å². The van der Waals surface area contributed by atoms with Crippen LogP contribution in [0.5, 0.6) is 11.6 Å². The molecule has 1 heterocycles. The summed E-state index contributed by atoms with van der Waals surface area (Å²) >= 11 is 0. The van der Waals surface area contributed by atoms with Crippen molar-refractivity contribution in [2.24, 2.45) is 0 Å². The minimum absolute atomic E-state index is 0.0979. The van der Waals surface area contributed by atoms with Gasteiger partial charge in [-0.15, -0.1) is 13.2 Å². The number of pyridine rings is 1. The quantitative estimate of drug-likeness (QED) is 0.458. The number of hydrogen-bond acceptors (Lipinski definition) is 3. The highest BCUT2D eigenvalue weighted by Crippen LogP contribution is 2.34. The first-order valence-electron chi connectivity index (χ1n) is 7.20. The molecule has 0 atom stereocenters. The van der Waals surface area contributed by atoms with Crippen LogP contribution in [0.4, 0.5) is 17.6 Å². The van der Waals surface area contributed by atoms with Gasteiger partial charge in [0.15, 0.2) is 0 Å². The highest BCUT2D eigenvalue weighted by Gasteiger charge is 2.31. The number of alkyl halides is 3. The molecule has 0 spiro atoms. The van der Waals surface area contributed by atoms with E-state index in [0.29, 0.717) is 21.7 Å². The van der Waals surface area contributed by atoms with Crippen LogP contribution >= 0.6 is 0 Å². The van der Waals surface area contributed by atoms with Crippen LogP contribution in [-0.4, -0.2) is 18.5 Å². The summed E-state index contributed by atoms with van der Waals surface area (Å²) < 4.78 is 59.2. The lowest BCUT2D eigenvalue weighted by molar-refractivity contribution is -0.274. The van der Waals surface area contributed by atoms with Gasteiger partial charge in [-0.05, 0) is 35.7 Å². The van der Waals surface area contributed by atoms with Crippen molar-refractivity contribution in [1.29, 1.82) is 0 Å². The maximum Gasteiger partial charge on any atom is 0.573 e. The highest BCUT2D eigenvalue weighted by molar-refractivity contribution is 6.08. The minimum atomic E-state index is -4.78. The monoisotopic (exact) mass is 341 g/mol. The zero-order valence-electron chi connectivity index (χ0n) is 13.2. The van der Waals surface area contributed by atoms with Crippen LogP contribution in [0.15, 0.2) is 36.4 Å². The van der Waals surface area contributed by atoms with Crippen LogP contribution < -0.4 is 9.47 Å². The van der Waals surface area contributed by atoms with Gasteiger partial charge >= 0.3 is 6.36 Å². The van der Waals surface area contributed by atoms with E-state index in [9.17, 15) is 17.6 Å². The number of halogens is 4. The van der Waals surface area contributed by atoms with Crippen molar-refractivity contribution in [3.05, 3.63) is 42.2 Å². The fourth-order valence-corrected chi connectivity index (χ4v) is 2.28. The fraction of sp³-hybridized carbons (Fsp3) is 0.235. The predicted octanol–water partition coefficient (Wildman–Crippen LogP) is 5.46. The Morgan fingerprint density at radius 3 is 2.21 bits per heavy atom. The van der Waals surface area contributed by atoms with Crippen LogP contribution in [-0.2, 0) is 0 Å². The third-order valence-corrected chi connectivity index (χ3v) is 3.12. The summed E-state index contributed by atoms with van der Waals surface area (Å²) in [6.07, 6.45) is -4.78. The highest BCUT2D eigenvalue weighted by atomic mass is 19.4. The van der Waals surface area contributed by atoms with E-state index in [-0.39, 0.29) is 11.6 Å². The molecule has 0 amide bonds. The number of aromatic nitrogens is 1. The molecule has 1 aromatic heterocycles. The predicted molar refractivity (Wildman–Crippen MR) is 83.8 cm³/mol. The van der Waals surface area contributed by atoms with E-state index in [0.717, 1.165) is 0 Å². The summed E-state index contributed by atoms with van der Waals surface area (Å²) in [6.45, 7) is 4.00. The van der Waals surface area contributed by atoms with Crippen molar-refractivity contribution in [2.75, 3.05) is 7.11 Å². The minimum Gasteiger partial charge on any atom is -0.481 e. The van der Waals surface area contributed by atoms with E-state index >= 15 is 0 Å². The first-order chi connectivity index (χ1) is 11.4. The molecule has 0 radical (unpaired) electrons. The molecule has 7 heteroatoms. The van der Waals surface area contributed by atoms with Crippen molar-refractivity contribution >= 4 is 21.7 Å². The van der Waals surface area contributed by atoms with Crippen LogP contribution in [0.1, 0.15) is 13.8 Å². The number of fused-ring (bicyclic) bond motifs is 3. The third-order valence-electron chi connectivity index (χ3n) is 3.12. The van der Waals surface area contributed by atoms with E-state index in [4.69, 9.17) is 4.74 Å². The molecule has 3 nitrogen and oxygen atoms in total. The van der Waals surface area contributed by atoms with Gasteiger partial charge in [0.05, 0.1) is 12.6 Å². The van der Waals surface area contributed by atoms with Crippen molar-refractivity contribution in [2.45, 2.75) is 20.2 Å². The fourth-order valence-electron chi connectivity index (χ4n) is 2.28. The van der Waals surface area contributed by atoms with Crippen molar-refractivity contribution in [1.82, 2.24) is 4.98 Å². The molecule has 0 aliphatic heterocycles. The second kappa shape index (κ2) is 6.90. The van der Waals surface area contributed by atoms with Gasteiger partial charge < -0.3 is 9.47 Å². The number of nitrogens with zero attached hydrogens (tertiary/aromatic N) is 1. The largest absolute Gasteiger partial charge is 0.573 e. The number of benzene rings is 2. The van der Waals surface area contributed by atoms with Crippen molar-refractivity contribution in [3.8, 4) is 11.6 Å². The Balaban J connectivity index is 0.00000100. The SMILES string of the molecule is CC.COc1nc2cc(F)ccc2c2ccc(OC(F)(F)F)cc12. The number of rotatable bonds is 2. The molecular formula is C17H15F4NO2. The van der Waals surface area contributed by atoms with E-state index in [1.54, 1.807) is 0 Å². The van der Waals surface area contributed by atoms with Gasteiger partial charge in [-0.1, -0.05) is 13.8 Å². The van der Waals surface area contributed by atoms with Gasteiger partial charge in [-0.25, -0.2) is 9.37 Å². The summed E-state index contributed by atoms with van der Waals surface area (Å²) in [7, 11) is 1.34. The van der Waals surface area contributed by atoms with E-state index in [1.807, 2.05) is 13.8 Å². The molecular weight excluding hydrogens is 326 g/mol. The Hall–Kier alpha value is -2.57. The van der Waals surface area contributed by atoms with Gasteiger partial charge in [0.25, 0.3) is 0 Å². The standard InChI is InChI=1S/C15H9F4NO2.C2H6/c1-21-14-12-7-9(22-15(17,18)19)3-5-10(12)11-4-2-8(16)6-13(11)20-14;1-2/h2-7H,1H3;1-2H3. The summed E-state index contributed by atoms with van der Waals surface area (Å²) in [4.78, 5) is 4.12. The third kappa shape index (κ3) is 3.67. The Kier molecular flexibility index (Phi) is 5.11. The topological polar surface area (TPSA) is 31.4 Å². The van der Waals surface area contributed by atoms with Crippen molar-refractivity contribution in [3.63, 3.8) is 0 Å². The lowest BCUT2D eigenvalue weighted by atomic mass is 10.1. The van der Waals surface area contributed by atoms with Crippen LogP contribution in [0, 0.1) is 5.82 Å². The average molecular weight is 341 g/mol. The molecule has 0 bridgehead atoms. The molecule has 3 rings (SSSR count). The molecule has 2 aromatic carbocycles. The first kappa shape index (κ1) is 17.8. The normalized spacial score (nSPS) is 11.1. The summed E-state index contributed by atoms with van der Waals surface area (Å²) in [5.41, 5.74) is 0.355. The lowest BCUT2D eigenvalue weighted by Crippen LogP contribution is -2.17. The first-order valence-corrected chi connectivity index (χ1v) is 7.20. The lowest BCUT2D eigenvalue weighted by Gasteiger charge is -2.12. The van der Waals surface area contributed by atoms with Gasteiger partial charge in [-0.2, -0.15) is 0 Å². The van der Waals surface area contributed by atoms with E-state index in [2.05, 4.69) is 9.72 Å². The smallest absolute Gasteiger partial charge is 0.481 e. The molecule has 0 fully saturated rings. The molecule has 0 aliphatic rings. The molecule has 0 unspecified atom stereocenters. The Bertz CT molecular complexity index is 862. The van der Waals surface area contributed by atoms with Gasteiger partial charge in [0.2, 0.25) is 5.88 Å².